The second-order valence-electron chi connectivity index (χ2n) is 2.03. The number of thioether (sulfide) groups is 1. The van der Waals surface area contributed by atoms with Crippen molar-refractivity contribution in [3.63, 3.8) is 0 Å². The largest absolute Gasteiger partial charge is 0.323 e. The summed E-state index contributed by atoms with van der Waals surface area (Å²) < 4.78 is 0. The molecule has 1 N–H and O–H groups in total. The number of carbonyl (C=O) groups excluding carboxylic acids is 1. The molecule has 55 valence electrons. The van der Waals surface area contributed by atoms with Gasteiger partial charge in [-0.2, -0.15) is 0 Å². The lowest BCUT2D eigenvalue weighted by Gasteiger charge is -2.12. The molecule has 4 nitrogen and oxygen atoms in total. The van der Waals surface area contributed by atoms with E-state index in [0.717, 1.165) is 5.03 Å². The number of anilines is 1. The maximum atomic E-state index is 10.8. The maximum absolute atomic E-state index is 10.8. The van der Waals surface area contributed by atoms with Gasteiger partial charge in [-0.05, 0) is 6.07 Å². The van der Waals surface area contributed by atoms with E-state index in [9.17, 15) is 4.79 Å². The molecule has 0 fully saturated rings. The fourth-order valence-corrected chi connectivity index (χ4v) is 1.50. The van der Waals surface area contributed by atoms with Crippen LogP contribution in [0.15, 0.2) is 11.1 Å². The zero-order valence-corrected chi connectivity index (χ0v) is 6.31. The molecule has 1 aromatic heterocycles. The Bertz CT molecular complexity index is 302. The summed E-state index contributed by atoms with van der Waals surface area (Å²) in [5.41, 5.74) is 0.709. The van der Waals surface area contributed by atoms with Gasteiger partial charge in [0.1, 0.15) is 11.2 Å². The van der Waals surface area contributed by atoms with Gasteiger partial charge in [0, 0.05) is 0 Å². The highest BCUT2D eigenvalue weighted by molar-refractivity contribution is 8.00. The highest BCUT2D eigenvalue weighted by atomic mass is 32.2. The summed E-state index contributed by atoms with van der Waals surface area (Å²) >= 11 is 1.39. The summed E-state index contributed by atoms with van der Waals surface area (Å²) in [5.74, 6) is 0.426. The van der Waals surface area contributed by atoms with Gasteiger partial charge in [0.25, 0.3) is 0 Å². The molecular formula is C6H4N3OS. The molecule has 1 aromatic rings. The molecule has 0 saturated carbocycles. The molecule has 0 aliphatic carbocycles. The van der Waals surface area contributed by atoms with Crippen molar-refractivity contribution in [2.24, 2.45) is 0 Å². The number of fused-ring (bicyclic) bond motifs is 1. The lowest BCUT2D eigenvalue weighted by Crippen LogP contribution is -2.19. The predicted octanol–water partition coefficient (Wildman–Crippen LogP) is 0.321. The maximum Gasteiger partial charge on any atom is 0.234 e. The van der Waals surface area contributed by atoms with Crippen molar-refractivity contribution < 1.29 is 4.79 Å². The number of hydrogen-bond acceptors (Lipinski definition) is 4. The molecular weight excluding hydrogens is 162 g/mol. The van der Waals surface area contributed by atoms with Crippen LogP contribution in [0.5, 0.6) is 0 Å². The number of amides is 1. The van der Waals surface area contributed by atoms with Crippen LogP contribution < -0.4 is 5.32 Å². The lowest BCUT2D eigenvalue weighted by molar-refractivity contribution is -0.113. The van der Waals surface area contributed by atoms with E-state index in [0.29, 0.717) is 11.4 Å². The third-order valence-corrected chi connectivity index (χ3v) is 2.23. The Kier molecular flexibility index (Phi) is 1.50. The number of rotatable bonds is 0. The molecule has 0 spiro atoms. The smallest absolute Gasteiger partial charge is 0.234 e. The fourth-order valence-electron chi connectivity index (χ4n) is 0.800. The van der Waals surface area contributed by atoms with Gasteiger partial charge < -0.3 is 5.32 Å². The van der Waals surface area contributed by atoms with Gasteiger partial charge in [0.2, 0.25) is 5.91 Å². The van der Waals surface area contributed by atoms with Crippen molar-refractivity contribution in [3.8, 4) is 0 Å². The fraction of sp³-hybridized carbons (Fsp3) is 0.167. The third-order valence-electron chi connectivity index (χ3n) is 1.25. The van der Waals surface area contributed by atoms with Gasteiger partial charge in [0.15, 0.2) is 0 Å². The Hall–Kier alpha value is -1.10. The highest BCUT2D eigenvalue weighted by Gasteiger charge is 2.15. The van der Waals surface area contributed by atoms with E-state index in [1.807, 2.05) is 0 Å². The average molecular weight is 166 g/mol. The molecule has 0 saturated heterocycles. The molecule has 1 radical (unpaired) electrons. The van der Waals surface area contributed by atoms with Crippen LogP contribution in [0.3, 0.4) is 0 Å². The normalized spacial score (nSPS) is 15.5. The van der Waals surface area contributed by atoms with Gasteiger partial charge >= 0.3 is 0 Å². The highest BCUT2D eigenvalue weighted by Crippen LogP contribution is 2.27. The van der Waals surface area contributed by atoms with Crippen LogP contribution in [0.25, 0.3) is 0 Å². The van der Waals surface area contributed by atoms with Crippen molar-refractivity contribution in [3.05, 3.63) is 12.3 Å². The van der Waals surface area contributed by atoms with Crippen LogP contribution in [-0.4, -0.2) is 21.9 Å². The molecule has 0 unspecified atom stereocenters. The standard InChI is InChI=1S/C6H4N3OS/c10-5-3-11-6-4(8-5)1-2-7-9-6/h1H,3H2,(H,8,10). The summed E-state index contributed by atoms with van der Waals surface area (Å²) in [6, 6.07) is 1.62. The van der Waals surface area contributed by atoms with Crippen LogP contribution in [0, 0.1) is 6.20 Å². The van der Waals surface area contributed by atoms with E-state index >= 15 is 0 Å². The number of carbonyl (C=O) groups is 1. The monoisotopic (exact) mass is 166 g/mol. The van der Waals surface area contributed by atoms with E-state index < -0.39 is 0 Å². The quantitative estimate of drug-likeness (QED) is 0.603. The Morgan fingerprint density at radius 3 is 3.55 bits per heavy atom. The minimum absolute atomic E-state index is 0.00361. The molecule has 0 atom stereocenters. The molecule has 0 aromatic carbocycles. The molecule has 2 rings (SSSR count). The summed E-state index contributed by atoms with van der Waals surface area (Å²) in [7, 11) is 0. The molecule has 1 aliphatic heterocycles. The first-order chi connectivity index (χ1) is 5.36. The Morgan fingerprint density at radius 1 is 1.73 bits per heavy atom. The first-order valence-electron chi connectivity index (χ1n) is 3.03. The van der Waals surface area contributed by atoms with E-state index in [4.69, 9.17) is 0 Å². The van der Waals surface area contributed by atoms with Gasteiger partial charge in [-0.25, -0.2) is 0 Å². The number of nitrogens with one attached hydrogen (secondary N) is 1. The lowest BCUT2D eigenvalue weighted by atomic mass is 10.4. The minimum Gasteiger partial charge on any atom is -0.323 e. The van der Waals surface area contributed by atoms with Gasteiger partial charge in [-0.15, -0.1) is 10.2 Å². The number of nitrogens with zero attached hydrogens (tertiary/aromatic N) is 2. The SMILES string of the molecule is O=C1CSc2nn[c]cc2N1. The Labute approximate surface area is 67.4 Å². The third kappa shape index (κ3) is 1.19. The number of aromatic nitrogens is 2. The first kappa shape index (κ1) is 6.60. The molecule has 1 amide bonds. The van der Waals surface area contributed by atoms with Crippen LogP contribution in [0.2, 0.25) is 0 Å². The predicted molar refractivity (Wildman–Crippen MR) is 40.2 cm³/mol. The van der Waals surface area contributed by atoms with Crippen LogP contribution in [0.4, 0.5) is 5.69 Å². The van der Waals surface area contributed by atoms with Crippen LogP contribution in [0.1, 0.15) is 0 Å². The molecule has 5 heteroatoms. The molecule has 0 bridgehead atoms. The summed E-state index contributed by atoms with van der Waals surface area (Å²) in [4.78, 5) is 10.8. The van der Waals surface area contributed by atoms with Crippen molar-refractivity contribution in [2.75, 3.05) is 11.1 Å². The molecule has 2 heterocycles. The van der Waals surface area contributed by atoms with E-state index in [2.05, 4.69) is 21.7 Å². The van der Waals surface area contributed by atoms with Crippen molar-refractivity contribution >= 4 is 23.4 Å². The topological polar surface area (TPSA) is 54.9 Å². The minimum atomic E-state index is 0.00361. The zero-order valence-electron chi connectivity index (χ0n) is 5.50. The number of hydrogen-bond donors (Lipinski definition) is 1. The molecule has 11 heavy (non-hydrogen) atoms. The summed E-state index contributed by atoms with van der Waals surface area (Å²) in [6.07, 6.45) is 2.55. The van der Waals surface area contributed by atoms with E-state index in [1.165, 1.54) is 11.8 Å². The van der Waals surface area contributed by atoms with Crippen molar-refractivity contribution in [2.45, 2.75) is 5.03 Å². The average Bonchev–Trinajstić information content (AvgIpc) is 2.04. The van der Waals surface area contributed by atoms with E-state index in [1.54, 1.807) is 6.07 Å². The van der Waals surface area contributed by atoms with Crippen molar-refractivity contribution in [1.82, 2.24) is 10.2 Å². The molecule has 1 aliphatic rings. The van der Waals surface area contributed by atoms with Crippen molar-refractivity contribution in [1.29, 1.82) is 0 Å². The summed E-state index contributed by atoms with van der Waals surface area (Å²) in [6.45, 7) is 0. The Balaban J connectivity index is 2.41. The van der Waals surface area contributed by atoms with Crippen LogP contribution >= 0.6 is 11.8 Å². The Morgan fingerprint density at radius 2 is 2.64 bits per heavy atom. The zero-order chi connectivity index (χ0) is 7.68. The first-order valence-corrected chi connectivity index (χ1v) is 4.01. The second kappa shape index (κ2) is 2.50. The summed E-state index contributed by atoms with van der Waals surface area (Å²) in [5, 5.41) is 10.8. The van der Waals surface area contributed by atoms with Gasteiger partial charge in [-0.3, -0.25) is 4.79 Å². The van der Waals surface area contributed by atoms with E-state index in [-0.39, 0.29) is 5.91 Å². The van der Waals surface area contributed by atoms with Gasteiger partial charge in [0.05, 0.1) is 11.4 Å². The van der Waals surface area contributed by atoms with Gasteiger partial charge in [-0.1, -0.05) is 11.8 Å². The van der Waals surface area contributed by atoms with Crippen LogP contribution in [-0.2, 0) is 4.79 Å². The second-order valence-corrected chi connectivity index (χ2v) is 2.99.